The van der Waals surface area contributed by atoms with E-state index in [-0.39, 0.29) is 11.8 Å². The zero-order valence-corrected chi connectivity index (χ0v) is 14.2. The number of aromatic nitrogens is 1. The highest BCUT2D eigenvalue weighted by Crippen LogP contribution is 2.27. The number of carbonyl (C=O) groups is 1. The number of nitrogens with zero attached hydrogens (tertiary/aromatic N) is 3. The predicted molar refractivity (Wildman–Crippen MR) is 94.9 cm³/mol. The molecule has 7 nitrogen and oxygen atoms in total. The van der Waals surface area contributed by atoms with Crippen molar-refractivity contribution in [3.05, 3.63) is 48.2 Å². The molecule has 1 aliphatic rings. The molecule has 3 rings (SSSR count). The van der Waals surface area contributed by atoms with Gasteiger partial charge >= 0.3 is 6.03 Å². The third kappa shape index (κ3) is 3.93. The van der Waals surface area contributed by atoms with Crippen molar-refractivity contribution in [1.29, 1.82) is 0 Å². The van der Waals surface area contributed by atoms with Crippen molar-refractivity contribution in [3.8, 4) is 11.6 Å². The maximum absolute atomic E-state index is 12.4. The Bertz CT molecular complexity index is 730. The molecule has 0 spiro atoms. The summed E-state index contributed by atoms with van der Waals surface area (Å²) < 4.78 is 5.19. The molecule has 0 saturated carbocycles. The number of phenolic OH excluding ortho intramolecular Hbond substituents is 1. The lowest BCUT2D eigenvalue weighted by molar-refractivity contribution is 0.193. The number of carbonyl (C=O) groups excluding carboxylic acids is 1. The standard InChI is InChI=1S/C18H22N4O3/c1-25-17-14(5-4-8-19-17)13-20-18(24)22-11-9-21(10-12-22)15-6-2-3-7-16(15)23/h2-8,23H,9-13H2,1H3,(H,20,24). The van der Waals surface area contributed by atoms with Crippen LogP contribution in [0.25, 0.3) is 0 Å². The average molecular weight is 342 g/mol. The van der Waals surface area contributed by atoms with Gasteiger partial charge in [-0.3, -0.25) is 0 Å². The van der Waals surface area contributed by atoms with Gasteiger partial charge in [0.1, 0.15) is 5.75 Å². The molecule has 25 heavy (non-hydrogen) atoms. The number of anilines is 1. The van der Waals surface area contributed by atoms with E-state index >= 15 is 0 Å². The number of aromatic hydroxyl groups is 1. The van der Waals surface area contributed by atoms with Crippen LogP contribution in [0.3, 0.4) is 0 Å². The van der Waals surface area contributed by atoms with Crippen LogP contribution in [0.4, 0.5) is 10.5 Å². The molecule has 2 amide bonds. The van der Waals surface area contributed by atoms with E-state index < -0.39 is 0 Å². The Kier molecular flexibility index (Phi) is 5.23. The first kappa shape index (κ1) is 16.9. The summed E-state index contributed by atoms with van der Waals surface area (Å²) in [6.45, 7) is 2.94. The molecule has 0 unspecified atom stereocenters. The second kappa shape index (κ2) is 7.74. The summed E-state index contributed by atoms with van der Waals surface area (Å²) in [7, 11) is 1.56. The molecule has 2 heterocycles. The van der Waals surface area contributed by atoms with Crippen LogP contribution in [-0.2, 0) is 6.54 Å². The number of methoxy groups -OCH3 is 1. The molecule has 0 bridgehead atoms. The molecule has 1 aromatic carbocycles. The van der Waals surface area contributed by atoms with Gasteiger partial charge < -0.3 is 25.0 Å². The van der Waals surface area contributed by atoms with Gasteiger partial charge in [0.05, 0.1) is 12.8 Å². The van der Waals surface area contributed by atoms with Gasteiger partial charge in [0.15, 0.2) is 0 Å². The van der Waals surface area contributed by atoms with Crippen molar-refractivity contribution in [2.75, 3.05) is 38.2 Å². The van der Waals surface area contributed by atoms with Gasteiger partial charge in [0, 0.05) is 44.5 Å². The minimum Gasteiger partial charge on any atom is -0.506 e. The highest BCUT2D eigenvalue weighted by atomic mass is 16.5. The largest absolute Gasteiger partial charge is 0.506 e. The number of hydrogen-bond donors (Lipinski definition) is 2. The fraction of sp³-hybridized carbons (Fsp3) is 0.333. The second-order valence-electron chi connectivity index (χ2n) is 5.79. The van der Waals surface area contributed by atoms with Crippen LogP contribution < -0.4 is 15.0 Å². The summed E-state index contributed by atoms with van der Waals surface area (Å²) in [5.41, 5.74) is 1.65. The Morgan fingerprint density at radius 1 is 1.20 bits per heavy atom. The average Bonchev–Trinajstić information content (AvgIpc) is 2.67. The molecule has 2 N–H and O–H groups in total. The summed E-state index contributed by atoms with van der Waals surface area (Å²) in [6.07, 6.45) is 1.66. The van der Waals surface area contributed by atoms with E-state index in [4.69, 9.17) is 4.74 Å². The van der Waals surface area contributed by atoms with Crippen molar-refractivity contribution >= 4 is 11.7 Å². The van der Waals surface area contributed by atoms with Crippen LogP contribution >= 0.6 is 0 Å². The number of pyridine rings is 1. The molecule has 1 aromatic heterocycles. The van der Waals surface area contributed by atoms with Gasteiger partial charge in [-0.15, -0.1) is 0 Å². The first-order valence-corrected chi connectivity index (χ1v) is 8.22. The molecule has 1 aliphatic heterocycles. The molecular formula is C18H22N4O3. The number of para-hydroxylation sites is 2. The minimum absolute atomic E-state index is 0.108. The molecule has 0 atom stereocenters. The van der Waals surface area contributed by atoms with Gasteiger partial charge in [-0.1, -0.05) is 18.2 Å². The highest BCUT2D eigenvalue weighted by Gasteiger charge is 2.22. The number of amides is 2. The molecular weight excluding hydrogens is 320 g/mol. The van der Waals surface area contributed by atoms with E-state index in [2.05, 4.69) is 15.2 Å². The van der Waals surface area contributed by atoms with Gasteiger partial charge in [0.2, 0.25) is 5.88 Å². The molecule has 2 aromatic rings. The first-order valence-electron chi connectivity index (χ1n) is 8.22. The fourth-order valence-corrected chi connectivity index (χ4v) is 2.91. The number of hydrogen-bond acceptors (Lipinski definition) is 5. The van der Waals surface area contributed by atoms with Crippen LogP contribution in [0.1, 0.15) is 5.56 Å². The lowest BCUT2D eigenvalue weighted by Gasteiger charge is -2.36. The second-order valence-corrected chi connectivity index (χ2v) is 5.79. The van der Waals surface area contributed by atoms with Crippen molar-refractivity contribution in [2.24, 2.45) is 0 Å². The number of urea groups is 1. The normalized spacial score (nSPS) is 14.3. The third-order valence-corrected chi connectivity index (χ3v) is 4.26. The maximum atomic E-state index is 12.4. The molecule has 1 saturated heterocycles. The quantitative estimate of drug-likeness (QED) is 0.886. The smallest absolute Gasteiger partial charge is 0.317 e. The lowest BCUT2D eigenvalue weighted by Crippen LogP contribution is -2.51. The van der Waals surface area contributed by atoms with Crippen molar-refractivity contribution in [1.82, 2.24) is 15.2 Å². The Balaban J connectivity index is 1.53. The molecule has 7 heteroatoms. The Hall–Kier alpha value is -2.96. The van der Waals surface area contributed by atoms with Gasteiger partial charge in [0.25, 0.3) is 0 Å². The topological polar surface area (TPSA) is 77.9 Å². The Morgan fingerprint density at radius 2 is 1.96 bits per heavy atom. The lowest BCUT2D eigenvalue weighted by atomic mass is 10.2. The monoisotopic (exact) mass is 342 g/mol. The Labute approximate surface area is 146 Å². The van der Waals surface area contributed by atoms with Crippen LogP contribution in [0.15, 0.2) is 42.6 Å². The highest BCUT2D eigenvalue weighted by molar-refractivity contribution is 5.74. The van der Waals surface area contributed by atoms with E-state index in [1.54, 1.807) is 30.3 Å². The SMILES string of the molecule is COc1ncccc1CNC(=O)N1CCN(c2ccccc2O)CC1. The van der Waals surface area contributed by atoms with Gasteiger partial charge in [-0.2, -0.15) is 0 Å². The zero-order chi connectivity index (χ0) is 17.6. The van der Waals surface area contributed by atoms with E-state index in [9.17, 15) is 9.90 Å². The van der Waals surface area contributed by atoms with Crippen LogP contribution in [0.2, 0.25) is 0 Å². The van der Waals surface area contributed by atoms with E-state index in [0.717, 1.165) is 11.3 Å². The summed E-state index contributed by atoms with van der Waals surface area (Å²) in [5.74, 6) is 0.788. The van der Waals surface area contributed by atoms with Crippen LogP contribution in [-0.4, -0.2) is 54.3 Å². The molecule has 132 valence electrons. The molecule has 1 fully saturated rings. The minimum atomic E-state index is -0.108. The number of rotatable bonds is 4. The Morgan fingerprint density at radius 3 is 2.68 bits per heavy atom. The number of ether oxygens (including phenoxy) is 1. The van der Waals surface area contributed by atoms with Crippen LogP contribution in [0, 0.1) is 0 Å². The summed E-state index contributed by atoms with van der Waals surface area (Å²) >= 11 is 0. The maximum Gasteiger partial charge on any atom is 0.317 e. The first-order chi connectivity index (χ1) is 12.2. The van der Waals surface area contributed by atoms with E-state index in [1.807, 2.05) is 24.3 Å². The number of piperazine rings is 1. The number of nitrogens with one attached hydrogen (secondary N) is 1. The summed E-state index contributed by atoms with van der Waals surface area (Å²) in [6, 6.07) is 10.8. The fourth-order valence-electron chi connectivity index (χ4n) is 2.91. The number of phenols is 1. The van der Waals surface area contributed by atoms with Gasteiger partial charge in [-0.05, 0) is 18.2 Å². The number of benzene rings is 1. The predicted octanol–water partition coefficient (Wildman–Crippen LogP) is 1.83. The van der Waals surface area contributed by atoms with Crippen molar-refractivity contribution in [2.45, 2.75) is 6.54 Å². The van der Waals surface area contributed by atoms with Gasteiger partial charge in [-0.25, -0.2) is 9.78 Å². The summed E-state index contributed by atoms with van der Waals surface area (Å²) in [4.78, 5) is 20.4. The van der Waals surface area contributed by atoms with Crippen LogP contribution in [0.5, 0.6) is 11.6 Å². The van der Waals surface area contributed by atoms with E-state index in [0.29, 0.717) is 38.6 Å². The summed E-state index contributed by atoms with van der Waals surface area (Å²) in [5, 5.41) is 12.9. The van der Waals surface area contributed by atoms with Crippen molar-refractivity contribution in [3.63, 3.8) is 0 Å². The third-order valence-electron chi connectivity index (χ3n) is 4.26. The molecule has 0 radical (unpaired) electrons. The van der Waals surface area contributed by atoms with E-state index in [1.165, 1.54) is 0 Å². The van der Waals surface area contributed by atoms with Crippen molar-refractivity contribution < 1.29 is 14.6 Å². The molecule has 0 aliphatic carbocycles. The zero-order valence-electron chi connectivity index (χ0n) is 14.2.